The molecule has 0 aliphatic rings. The summed E-state index contributed by atoms with van der Waals surface area (Å²) in [5.74, 6) is 0.608. The fourth-order valence-electron chi connectivity index (χ4n) is 2.62. The average molecular weight is 355 g/mol. The van der Waals surface area contributed by atoms with Gasteiger partial charge in [-0.25, -0.2) is 4.79 Å². The van der Waals surface area contributed by atoms with E-state index in [1.54, 1.807) is 26.3 Å². The molecule has 1 unspecified atom stereocenters. The Hall–Kier alpha value is -3.02. The highest BCUT2D eigenvalue weighted by Crippen LogP contribution is 2.25. The van der Waals surface area contributed by atoms with E-state index in [4.69, 9.17) is 4.74 Å². The molecule has 0 saturated heterocycles. The number of amides is 3. The Kier molecular flexibility index (Phi) is 6.60. The molecule has 3 amide bonds. The Labute approximate surface area is 153 Å². The standard InChI is InChI=1S/C20H25N3O3/c1-13-5-10-18(26-4)17(11-13)14(2)23-20(25)22-12-15-6-8-16(9-7-15)19(24)21-3/h5-11,14H,12H2,1-4H3,(H,21,24)(H2,22,23,25). The fraction of sp³-hybridized carbons (Fsp3) is 0.300. The summed E-state index contributed by atoms with van der Waals surface area (Å²) in [4.78, 5) is 23.7. The van der Waals surface area contributed by atoms with Crippen LogP contribution in [0.3, 0.4) is 0 Å². The van der Waals surface area contributed by atoms with E-state index in [1.165, 1.54) is 0 Å². The Bertz CT molecular complexity index is 772. The molecule has 6 heteroatoms. The molecular formula is C20H25N3O3. The third-order valence-electron chi connectivity index (χ3n) is 4.10. The zero-order valence-electron chi connectivity index (χ0n) is 15.6. The van der Waals surface area contributed by atoms with Crippen LogP contribution < -0.4 is 20.7 Å². The Morgan fingerprint density at radius 2 is 1.81 bits per heavy atom. The third-order valence-corrected chi connectivity index (χ3v) is 4.10. The Morgan fingerprint density at radius 1 is 1.12 bits per heavy atom. The molecule has 0 heterocycles. The number of carbonyl (C=O) groups excluding carboxylic acids is 2. The highest BCUT2D eigenvalue weighted by Gasteiger charge is 2.14. The van der Waals surface area contributed by atoms with Crippen molar-refractivity contribution in [3.8, 4) is 5.75 Å². The number of ether oxygens (including phenoxy) is 1. The first-order valence-corrected chi connectivity index (χ1v) is 8.44. The summed E-state index contributed by atoms with van der Waals surface area (Å²) in [5, 5.41) is 8.31. The first-order chi connectivity index (χ1) is 12.4. The molecule has 0 bridgehead atoms. The van der Waals surface area contributed by atoms with Crippen molar-refractivity contribution in [2.45, 2.75) is 26.4 Å². The molecule has 3 N–H and O–H groups in total. The van der Waals surface area contributed by atoms with E-state index in [1.807, 2.05) is 44.2 Å². The quantitative estimate of drug-likeness (QED) is 0.745. The van der Waals surface area contributed by atoms with Gasteiger partial charge >= 0.3 is 6.03 Å². The third kappa shape index (κ3) is 4.99. The first-order valence-electron chi connectivity index (χ1n) is 8.44. The highest BCUT2D eigenvalue weighted by molar-refractivity contribution is 5.93. The Balaban J connectivity index is 1.92. The second-order valence-electron chi connectivity index (χ2n) is 6.07. The van der Waals surface area contributed by atoms with Gasteiger partial charge in [0, 0.05) is 24.7 Å². The minimum Gasteiger partial charge on any atom is -0.496 e. The smallest absolute Gasteiger partial charge is 0.315 e. The highest BCUT2D eigenvalue weighted by atomic mass is 16.5. The van der Waals surface area contributed by atoms with Gasteiger partial charge < -0.3 is 20.7 Å². The summed E-state index contributed by atoms with van der Waals surface area (Å²) in [6.45, 7) is 4.28. The van der Waals surface area contributed by atoms with Crippen molar-refractivity contribution in [2.75, 3.05) is 14.2 Å². The maximum Gasteiger partial charge on any atom is 0.315 e. The first kappa shape index (κ1) is 19.3. The van der Waals surface area contributed by atoms with Crippen molar-refractivity contribution in [3.63, 3.8) is 0 Å². The van der Waals surface area contributed by atoms with Gasteiger partial charge in [-0.15, -0.1) is 0 Å². The molecule has 0 aromatic heterocycles. The number of urea groups is 1. The van der Waals surface area contributed by atoms with Crippen LogP contribution in [-0.2, 0) is 6.54 Å². The summed E-state index contributed by atoms with van der Waals surface area (Å²) in [7, 11) is 3.20. The predicted molar refractivity (Wildman–Crippen MR) is 101 cm³/mol. The second-order valence-corrected chi connectivity index (χ2v) is 6.07. The largest absolute Gasteiger partial charge is 0.496 e. The van der Waals surface area contributed by atoms with Crippen molar-refractivity contribution < 1.29 is 14.3 Å². The zero-order chi connectivity index (χ0) is 19.1. The van der Waals surface area contributed by atoms with Crippen LogP contribution in [0.1, 0.15) is 40.0 Å². The van der Waals surface area contributed by atoms with Crippen molar-refractivity contribution in [2.24, 2.45) is 0 Å². The molecule has 0 fully saturated rings. The molecule has 1 atom stereocenters. The van der Waals surface area contributed by atoms with Gasteiger partial charge in [-0.2, -0.15) is 0 Å². The lowest BCUT2D eigenvalue weighted by Crippen LogP contribution is -2.36. The predicted octanol–water partition coefficient (Wildman–Crippen LogP) is 2.92. The maximum atomic E-state index is 12.2. The van der Waals surface area contributed by atoms with E-state index in [2.05, 4.69) is 16.0 Å². The molecule has 2 aromatic carbocycles. The zero-order valence-corrected chi connectivity index (χ0v) is 15.6. The molecule has 0 radical (unpaired) electrons. The van der Waals surface area contributed by atoms with Crippen LogP contribution in [0.2, 0.25) is 0 Å². The normalized spacial score (nSPS) is 11.4. The van der Waals surface area contributed by atoms with Gasteiger partial charge in [0.25, 0.3) is 5.91 Å². The van der Waals surface area contributed by atoms with Crippen LogP contribution in [0.5, 0.6) is 5.75 Å². The van der Waals surface area contributed by atoms with Crippen molar-refractivity contribution >= 4 is 11.9 Å². The lowest BCUT2D eigenvalue weighted by Gasteiger charge is -2.18. The van der Waals surface area contributed by atoms with Crippen LogP contribution in [0.25, 0.3) is 0 Å². The SMILES string of the molecule is CNC(=O)c1ccc(CNC(=O)NC(C)c2cc(C)ccc2OC)cc1. The topological polar surface area (TPSA) is 79.5 Å². The van der Waals surface area contributed by atoms with Gasteiger partial charge in [0.05, 0.1) is 13.2 Å². The molecule has 0 aliphatic carbocycles. The lowest BCUT2D eigenvalue weighted by atomic mass is 10.0. The minimum absolute atomic E-state index is 0.136. The minimum atomic E-state index is -0.267. The summed E-state index contributed by atoms with van der Waals surface area (Å²) >= 11 is 0. The summed E-state index contributed by atoms with van der Waals surface area (Å²) in [6, 6.07) is 12.5. The van der Waals surface area contributed by atoms with Crippen LogP contribution in [0.4, 0.5) is 4.79 Å². The van der Waals surface area contributed by atoms with E-state index in [-0.39, 0.29) is 18.0 Å². The van der Waals surface area contributed by atoms with Gasteiger partial charge in [-0.1, -0.05) is 29.8 Å². The second kappa shape index (κ2) is 8.89. The van der Waals surface area contributed by atoms with Crippen molar-refractivity contribution in [1.29, 1.82) is 0 Å². The number of hydrogen-bond acceptors (Lipinski definition) is 3. The van der Waals surface area contributed by atoms with E-state index in [0.29, 0.717) is 12.1 Å². The number of nitrogens with one attached hydrogen (secondary N) is 3. The van der Waals surface area contributed by atoms with Gasteiger partial charge in [-0.05, 0) is 37.6 Å². The van der Waals surface area contributed by atoms with Gasteiger partial charge in [0.15, 0.2) is 0 Å². The van der Waals surface area contributed by atoms with Crippen LogP contribution >= 0.6 is 0 Å². The molecule has 26 heavy (non-hydrogen) atoms. The summed E-state index contributed by atoms with van der Waals surface area (Å²) in [6.07, 6.45) is 0. The maximum absolute atomic E-state index is 12.2. The molecule has 0 saturated carbocycles. The molecule has 0 spiro atoms. The van der Waals surface area contributed by atoms with E-state index >= 15 is 0 Å². The van der Waals surface area contributed by atoms with Crippen molar-refractivity contribution in [1.82, 2.24) is 16.0 Å². The van der Waals surface area contributed by atoms with Crippen LogP contribution in [0, 0.1) is 6.92 Å². The van der Waals surface area contributed by atoms with E-state index in [9.17, 15) is 9.59 Å². The molecule has 2 aromatic rings. The number of methoxy groups -OCH3 is 1. The van der Waals surface area contributed by atoms with E-state index in [0.717, 1.165) is 22.4 Å². The monoisotopic (exact) mass is 355 g/mol. The van der Waals surface area contributed by atoms with Crippen molar-refractivity contribution in [3.05, 3.63) is 64.7 Å². The van der Waals surface area contributed by atoms with Gasteiger partial charge in [0.2, 0.25) is 0 Å². The lowest BCUT2D eigenvalue weighted by molar-refractivity contribution is 0.0963. The average Bonchev–Trinajstić information content (AvgIpc) is 2.66. The van der Waals surface area contributed by atoms with E-state index < -0.39 is 0 Å². The van der Waals surface area contributed by atoms with Gasteiger partial charge in [-0.3, -0.25) is 4.79 Å². The summed E-state index contributed by atoms with van der Waals surface area (Å²) < 4.78 is 5.37. The number of hydrogen-bond donors (Lipinski definition) is 3. The number of aryl methyl sites for hydroxylation is 1. The molecule has 2 rings (SSSR count). The van der Waals surface area contributed by atoms with Crippen LogP contribution in [0.15, 0.2) is 42.5 Å². The number of rotatable bonds is 6. The van der Waals surface area contributed by atoms with Crippen LogP contribution in [-0.4, -0.2) is 26.1 Å². The number of benzene rings is 2. The molecular weight excluding hydrogens is 330 g/mol. The molecule has 138 valence electrons. The Morgan fingerprint density at radius 3 is 2.42 bits per heavy atom. The van der Waals surface area contributed by atoms with Gasteiger partial charge in [0.1, 0.15) is 5.75 Å². The summed E-state index contributed by atoms with van der Waals surface area (Å²) in [5.41, 5.74) is 3.53. The fourth-order valence-corrected chi connectivity index (χ4v) is 2.62. The number of carbonyl (C=O) groups is 2. The molecule has 6 nitrogen and oxygen atoms in total. The molecule has 0 aliphatic heterocycles.